The molecule has 0 spiro atoms. The van der Waals surface area contributed by atoms with Gasteiger partial charge in [0.1, 0.15) is 5.82 Å². The molecule has 0 aliphatic heterocycles. The molecule has 1 unspecified atom stereocenters. The minimum absolute atomic E-state index is 0.114. The van der Waals surface area contributed by atoms with Gasteiger partial charge in [0.15, 0.2) is 0 Å². The fraction of sp³-hybridized carbons (Fsp3) is 0.562. The molecule has 1 rings (SSSR count). The summed E-state index contributed by atoms with van der Waals surface area (Å²) in [5.41, 5.74) is 5.97. The number of halogens is 2. The van der Waals surface area contributed by atoms with Crippen LogP contribution < -0.4 is 11.1 Å². The zero-order chi connectivity index (χ0) is 16.0. The van der Waals surface area contributed by atoms with Gasteiger partial charge in [0, 0.05) is 10.9 Å². The van der Waals surface area contributed by atoms with Crippen LogP contribution in [0.5, 0.6) is 0 Å². The summed E-state index contributed by atoms with van der Waals surface area (Å²) in [4.78, 5) is 12.0. The molecular formula is C16H24BrFN2O. The van der Waals surface area contributed by atoms with Crippen LogP contribution in [-0.2, 0) is 4.79 Å². The molecule has 0 saturated carbocycles. The first-order valence-corrected chi connectivity index (χ1v) is 7.98. The quantitative estimate of drug-likeness (QED) is 0.795. The summed E-state index contributed by atoms with van der Waals surface area (Å²) in [6.45, 7) is 7.07. The van der Waals surface area contributed by atoms with Crippen molar-refractivity contribution in [2.45, 2.75) is 40.0 Å². The molecule has 1 aromatic rings. The molecule has 1 amide bonds. The molecule has 118 valence electrons. The normalized spacial score (nSPS) is 13.0. The maximum atomic E-state index is 13.7. The second-order valence-corrected chi connectivity index (χ2v) is 7.27. The average molecular weight is 359 g/mol. The molecule has 3 N–H and O–H groups in total. The summed E-state index contributed by atoms with van der Waals surface area (Å²) in [6, 6.07) is 4.59. The van der Waals surface area contributed by atoms with Crippen molar-refractivity contribution in [3.05, 3.63) is 28.5 Å². The molecule has 5 heteroatoms. The Balaban J connectivity index is 2.57. The van der Waals surface area contributed by atoms with Gasteiger partial charge in [-0.1, -0.05) is 36.7 Å². The molecule has 3 nitrogen and oxygen atoms in total. The lowest BCUT2D eigenvalue weighted by Crippen LogP contribution is -2.25. The zero-order valence-corrected chi connectivity index (χ0v) is 14.5. The summed E-state index contributed by atoms with van der Waals surface area (Å²) in [5.74, 6) is -0.224. The number of carbonyl (C=O) groups excluding carboxylic acids is 1. The molecule has 0 saturated heterocycles. The smallest absolute Gasteiger partial charge is 0.224 e. The van der Waals surface area contributed by atoms with Gasteiger partial charge in [0.25, 0.3) is 0 Å². The van der Waals surface area contributed by atoms with Crippen LogP contribution >= 0.6 is 15.9 Å². The lowest BCUT2D eigenvalue weighted by atomic mass is 9.76. The number of nitrogens with one attached hydrogen (secondary N) is 1. The Bertz CT molecular complexity index is 486. The fourth-order valence-electron chi connectivity index (χ4n) is 2.32. The summed E-state index contributed by atoms with van der Waals surface area (Å²) in [5, 5.41) is 2.62. The van der Waals surface area contributed by atoms with Crippen LogP contribution in [0.2, 0.25) is 0 Å². The van der Waals surface area contributed by atoms with E-state index in [-0.39, 0.29) is 17.0 Å². The largest absolute Gasteiger partial charge is 0.330 e. The molecule has 0 aromatic heterocycles. The first-order valence-electron chi connectivity index (χ1n) is 7.19. The number of nitrogens with two attached hydrogens (primary N) is 1. The number of rotatable bonds is 6. The molecular weight excluding hydrogens is 335 g/mol. The van der Waals surface area contributed by atoms with Gasteiger partial charge in [0.2, 0.25) is 5.91 Å². The zero-order valence-electron chi connectivity index (χ0n) is 12.9. The lowest BCUT2D eigenvalue weighted by molar-refractivity contribution is -0.116. The predicted octanol–water partition coefficient (Wildman–Crippen LogP) is 4.32. The van der Waals surface area contributed by atoms with E-state index in [2.05, 4.69) is 42.0 Å². The summed E-state index contributed by atoms with van der Waals surface area (Å²) >= 11 is 3.19. The van der Waals surface area contributed by atoms with E-state index in [1.165, 1.54) is 6.07 Å². The second-order valence-electron chi connectivity index (χ2n) is 6.35. The van der Waals surface area contributed by atoms with Gasteiger partial charge in [-0.05, 0) is 48.9 Å². The van der Waals surface area contributed by atoms with Crippen molar-refractivity contribution >= 4 is 27.5 Å². The third-order valence-electron chi connectivity index (χ3n) is 3.66. The number of hydrogen-bond acceptors (Lipinski definition) is 2. The number of hydrogen-bond donors (Lipinski definition) is 2. The minimum Gasteiger partial charge on any atom is -0.330 e. The monoisotopic (exact) mass is 358 g/mol. The van der Waals surface area contributed by atoms with Crippen molar-refractivity contribution in [2.75, 3.05) is 11.9 Å². The van der Waals surface area contributed by atoms with Crippen molar-refractivity contribution in [3.63, 3.8) is 0 Å². The van der Waals surface area contributed by atoms with Crippen LogP contribution in [-0.4, -0.2) is 12.5 Å². The van der Waals surface area contributed by atoms with Crippen molar-refractivity contribution in [1.82, 2.24) is 0 Å². The number of amides is 1. The van der Waals surface area contributed by atoms with Gasteiger partial charge in [-0.3, -0.25) is 4.79 Å². The molecule has 1 atom stereocenters. The Morgan fingerprint density at radius 1 is 1.38 bits per heavy atom. The SMILES string of the molecule is CC(C)(C)C(CCN)CCC(=O)Nc1ccc(Br)cc1F. The maximum Gasteiger partial charge on any atom is 0.224 e. The van der Waals surface area contributed by atoms with E-state index in [0.717, 1.165) is 12.8 Å². The fourth-order valence-corrected chi connectivity index (χ4v) is 2.65. The van der Waals surface area contributed by atoms with Crippen LogP contribution in [0.1, 0.15) is 40.0 Å². The molecule has 0 fully saturated rings. The highest BCUT2D eigenvalue weighted by molar-refractivity contribution is 9.10. The first-order chi connectivity index (χ1) is 9.74. The van der Waals surface area contributed by atoms with E-state index < -0.39 is 5.82 Å². The van der Waals surface area contributed by atoms with Gasteiger partial charge < -0.3 is 11.1 Å². The molecule has 0 heterocycles. The van der Waals surface area contributed by atoms with Crippen LogP contribution in [0, 0.1) is 17.2 Å². The van der Waals surface area contributed by atoms with Gasteiger partial charge in [-0.15, -0.1) is 0 Å². The van der Waals surface area contributed by atoms with E-state index in [4.69, 9.17) is 5.73 Å². The van der Waals surface area contributed by atoms with E-state index in [9.17, 15) is 9.18 Å². The van der Waals surface area contributed by atoms with E-state index in [1.54, 1.807) is 12.1 Å². The van der Waals surface area contributed by atoms with Crippen LogP contribution in [0.3, 0.4) is 0 Å². The van der Waals surface area contributed by atoms with Gasteiger partial charge in [0.05, 0.1) is 5.69 Å². The topological polar surface area (TPSA) is 55.1 Å². The highest BCUT2D eigenvalue weighted by atomic mass is 79.9. The standard InChI is InChI=1S/C16H24BrFN2O/c1-16(2,3)11(8-9-19)4-7-15(21)20-14-6-5-12(17)10-13(14)18/h5-6,10-11H,4,7-9,19H2,1-3H3,(H,20,21). The third kappa shape index (κ3) is 6.14. The van der Waals surface area contributed by atoms with Gasteiger partial charge in [-0.25, -0.2) is 4.39 Å². The predicted molar refractivity (Wildman–Crippen MR) is 88.6 cm³/mol. The first kappa shape index (κ1) is 18.1. The average Bonchev–Trinajstić information content (AvgIpc) is 2.36. The summed E-state index contributed by atoms with van der Waals surface area (Å²) < 4.78 is 14.3. The summed E-state index contributed by atoms with van der Waals surface area (Å²) in [6.07, 6.45) is 2.02. The Labute approximate surface area is 134 Å². The Kier molecular flexibility index (Phi) is 6.81. The van der Waals surface area contributed by atoms with E-state index >= 15 is 0 Å². The van der Waals surface area contributed by atoms with E-state index in [1.807, 2.05) is 0 Å². The van der Waals surface area contributed by atoms with Crippen molar-refractivity contribution in [3.8, 4) is 0 Å². The molecule has 0 radical (unpaired) electrons. The lowest BCUT2D eigenvalue weighted by Gasteiger charge is -2.30. The maximum absolute atomic E-state index is 13.7. The molecule has 0 bridgehead atoms. The van der Waals surface area contributed by atoms with Gasteiger partial charge >= 0.3 is 0 Å². The highest BCUT2D eigenvalue weighted by Gasteiger charge is 2.24. The number of benzene rings is 1. The van der Waals surface area contributed by atoms with Crippen LogP contribution in [0.4, 0.5) is 10.1 Å². The molecule has 0 aliphatic carbocycles. The van der Waals surface area contributed by atoms with Gasteiger partial charge in [-0.2, -0.15) is 0 Å². The van der Waals surface area contributed by atoms with Crippen LogP contribution in [0.25, 0.3) is 0 Å². The number of carbonyl (C=O) groups is 1. The van der Waals surface area contributed by atoms with Crippen molar-refractivity contribution in [1.29, 1.82) is 0 Å². The van der Waals surface area contributed by atoms with Crippen molar-refractivity contribution in [2.24, 2.45) is 17.1 Å². The second kappa shape index (κ2) is 7.90. The minimum atomic E-state index is -0.438. The molecule has 1 aromatic carbocycles. The Morgan fingerprint density at radius 3 is 2.57 bits per heavy atom. The molecule has 0 aliphatic rings. The van der Waals surface area contributed by atoms with Crippen LogP contribution in [0.15, 0.2) is 22.7 Å². The van der Waals surface area contributed by atoms with Crippen molar-refractivity contribution < 1.29 is 9.18 Å². The summed E-state index contributed by atoms with van der Waals surface area (Å²) in [7, 11) is 0. The van der Waals surface area contributed by atoms with E-state index in [0.29, 0.717) is 23.4 Å². The Morgan fingerprint density at radius 2 is 2.05 bits per heavy atom. The third-order valence-corrected chi connectivity index (χ3v) is 4.16. The molecule has 21 heavy (non-hydrogen) atoms. The highest BCUT2D eigenvalue weighted by Crippen LogP contribution is 2.32. The Hall–Kier alpha value is -0.940. The number of anilines is 1.